The molecule has 0 heterocycles. The minimum absolute atomic E-state index is 0.0206. The van der Waals surface area contributed by atoms with Crippen LogP contribution >= 0.6 is 15.9 Å². The zero-order valence-electron chi connectivity index (χ0n) is 19.0. The summed E-state index contributed by atoms with van der Waals surface area (Å²) in [4.78, 5) is 22.6. The van der Waals surface area contributed by atoms with E-state index in [9.17, 15) is 14.9 Å². The number of hydrogen-bond acceptors (Lipinski definition) is 6. The van der Waals surface area contributed by atoms with E-state index < -0.39 is 4.92 Å². The van der Waals surface area contributed by atoms with Crippen molar-refractivity contribution in [1.82, 2.24) is 5.43 Å². The average molecular weight is 526 g/mol. The third kappa shape index (κ3) is 6.64. The number of aryl methyl sites for hydroxylation is 2. The van der Waals surface area contributed by atoms with Crippen LogP contribution in [0.1, 0.15) is 27.8 Å². The number of hydrazone groups is 1. The number of ether oxygens (including phenoxy) is 2. The van der Waals surface area contributed by atoms with Crippen LogP contribution in [0.25, 0.3) is 0 Å². The molecule has 0 aromatic heterocycles. The Balaban J connectivity index is 1.64. The zero-order chi connectivity index (χ0) is 24.7. The van der Waals surface area contributed by atoms with Gasteiger partial charge in [0, 0.05) is 12.1 Å². The fourth-order valence-corrected chi connectivity index (χ4v) is 3.78. The predicted molar refractivity (Wildman–Crippen MR) is 133 cm³/mol. The van der Waals surface area contributed by atoms with Gasteiger partial charge in [0.1, 0.15) is 6.61 Å². The Morgan fingerprint density at radius 1 is 1.15 bits per heavy atom. The molecule has 1 amide bonds. The molecule has 9 heteroatoms. The standard InChI is InChI=1S/C25H24BrN3O5/c1-16-4-5-17(2)20(10-16)13-24(30)28-27-14-19-11-22(26)25(23(12-19)33-3)34-15-18-6-8-21(9-7-18)29(31)32/h4-12,14H,13,15H2,1-3H3,(H,28,30)/b27-14+. The van der Waals surface area contributed by atoms with E-state index in [1.807, 2.05) is 32.0 Å². The summed E-state index contributed by atoms with van der Waals surface area (Å²) in [5.41, 5.74) is 7.16. The van der Waals surface area contributed by atoms with Crippen molar-refractivity contribution in [1.29, 1.82) is 0 Å². The first-order valence-corrected chi connectivity index (χ1v) is 11.2. The van der Waals surface area contributed by atoms with Gasteiger partial charge < -0.3 is 9.47 Å². The highest BCUT2D eigenvalue weighted by Crippen LogP contribution is 2.37. The summed E-state index contributed by atoms with van der Waals surface area (Å²) >= 11 is 3.48. The van der Waals surface area contributed by atoms with E-state index in [1.165, 1.54) is 25.5 Å². The van der Waals surface area contributed by atoms with Crippen molar-refractivity contribution < 1.29 is 19.2 Å². The molecule has 0 radical (unpaired) electrons. The van der Waals surface area contributed by atoms with Crippen LogP contribution in [-0.4, -0.2) is 24.2 Å². The molecular formula is C25H24BrN3O5. The molecule has 176 valence electrons. The van der Waals surface area contributed by atoms with E-state index in [0.717, 1.165) is 22.3 Å². The molecule has 3 aromatic rings. The van der Waals surface area contributed by atoms with Gasteiger partial charge in [0.15, 0.2) is 11.5 Å². The normalized spacial score (nSPS) is 10.8. The van der Waals surface area contributed by atoms with Gasteiger partial charge >= 0.3 is 0 Å². The summed E-state index contributed by atoms with van der Waals surface area (Å²) in [6.07, 6.45) is 1.77. The minimum Gasteiger partial charge on any atom is -0.493 e. The summed E-state index contributed by atoms with van der Waals surface area (Å²) in [7, 11) is 1.52. The lowest BCUT2D eigenvalue weighted by atomic mass is 10.0. The quantitative estimate of drug-likeness (QED) is 0.233. The van der Waals surface area contributed by atoms with Crippen molar-refractivity contribution in [3.05, 3.63) is 97.0 Å². The molecule has 0 unspecified atom stereocenters. The van der Waals surface area contributed by atoms with E-state index in [0.29, 0.717) is 21.5 Å². The van der Waals surface area contributed by atoms with Gasteiger partial charge in [0.2, 0.25) is 5.91 Å². The van der Waals surface area contributed by atoms with Crippen LogP contribution in [0.2, 0.25) is 0 Å². The van der Waals surface area contributed by atoms with Gasteiger partial charge in [0.05, 0.1) is 29.1 Å². The van der Waals surface area contributed by atoms with Crippen LogP contribution in [0.15, 0.2) is 64.2 Å². The number of nitro benzene ring substituents is 1. The number of benzene rings is 3. The number of nitrogens with one attached hydrogen (secondary N) is 1. The first-order chi connectivity index (χ1) is 16.3. The first-order valence-electron chi connectivity index (χ1n) is 10.4. The van der Waals surface area contributed by atoms with Crippen LogP contribution in [0.4, 0.5) is 5.69 Å². The molecule has 0 saturated carbocycles. The second-order valence-corrected chi connectivity index (χ2v) is 8.50. The molecule has 0 atom stereocenters. The molecule has 0 aliphatic carbocycles. The number of non-ortho nitro benzene ring substituents is 1. The maximum atomic E-state index is 12.3. The van der Waals surface area contributed by atoms with Crippen LogP contribution in [0, 0.1) is 24.0 Å². The van der Waals surface area contributed by atoms with Gasteiger partial charge in [-0.2, -0.15) is 5.10 Å². The zero-order valence-corrected chi connectivity index (χ0v) is 20.6. The third-order valence-corrected chi connectivity index (χ3v) is 5.63. The Kier molecular flexibility index (Phi) is 8.37. The summed E-state index contributed by atoms with van der Waals surface area (Å²) in [6.45, 7) is 4.17. The molecular weight excluding hydrogens is 502 g/mol. The van der Waals surface area contributed by atoms with Crippen molar-refractivity contribution in [3.63, 3.8) is 0 Å². The SMILES string of the molecule is COc1cc(/C=N/NC(=O)Cc2cc(C)ccc2C)cc(Br)c1OCc1ccc([N+](=O)[O-])cc1. The summed E-state index contributed by atoms with van der Waals surface area (Å²) in [6, 6.07) is 15.7. The highest BCUT2D eigenvalue weighted by atomic mass is 79.9. The van der Waals surface area contributed by atoms with Gasteiger partial charge in [-0.1, -0.05) is 23.8 Å². The fourth-order valence-electron chi connectivity index (χ4n) is 3.21. The third-order valence-electron chi connectivity index (χ3n) is 5.04. The molecule has 8 nitrogen and oxygen atoms in total. The smallest absolute Gasteiger partial charge is 0.269 e. The Hall–Kier alpha value is -3.72. The predicted octanol–water partition coefficient (Wildman–Crippen LogP) is 5.25. The fraction of sp³-hybridized carbons (Fsp3) is 0.200. The lowest BCUT2D eigenvalue weighted by Crippen LogP contribution is -2.20. The Morgan fingerprint density at radius 3 is 2.56 bits per heavy atom. The van der Waals surface area contributed by atoms with Crippen molar-refractivity contribution in [3.8, 4) is 11.5 Å². The molecule has 3 rings (SSSR count). The first kappa shape index (κ1) is 24.9. The lowest BCUT2D eigenvalue weighted by Gasteiger charge is -2.13. The Labute approximate surface area is 205 Å². The Morgan fingerprint density at radius 2 is 1.88 bits per heavy atom. The number of amides is 1. The highest BCUT2D eigenvalue weighted by molar-refractivity contribution is 9.10. The van der Waals surface area contributed by atoms with E-state index in [1.54, 1.807) is 24.3 Å². The van der Waals surface area contributed by atoms with E-state index in [2.05, 4.69) is 26.5 Å². The molecule has 3 aromatic carbocycles. The van der Waals surface area contributed by atoms with Gasteiger partial charge in [-0.3, -0.25) is 14.9 Å². The maximum absolute atomic E-state index is 12.3. The van der Waals surface area contributed by atoms with E-state index in [-0.39, 0.29) is 24.6 Å². The van der Waals surface area contributed by atoms with Crippen LogP contribution in [0.3, 0.4) is 0 Å². The number of carbonyl (C=O) groups excluding carboxylic acids is 1. The lowest BCUT2D eigenvalue weighted by molar-refractivity contribution is -0.384. The number of methoxy groups -OCH3 is 1. The topological polar surface area (TPSA) is 103 Å². The Bertz CT molecular complexity index is 1230. The number of nitrogens with zero attached hydrogens (tertiary/aromatic N) is 2. The number of carbonyl (C=O) groups is 1. The number of halogens is 1. The maximum Gasteiger partial charge on any atom is 0.269 e. The second-order valence-electron chi connectivity index (χ2n) is 7.65. The highest BCUT2D eigenvalue weighted by Gasteiger charge is 2.13. The largest absolute Gasteiger partial charge is 0.493 e. The second kappa shape index (κ2) is 11.4. The van der Waals surface area contributed by atoms with Crippen LogP contribution in [0.5, 0.6) is 11.5 Å². The molecule has 0 saturated heterocycles. The molecule has 0 spiro atoms. The molecule has 34 heavy (non-hydrogen) atoms. The van der Waals surface area contributed by atoms with Gasteiger partial charge in [-0.25, -0.2) is 5.43 Å². The summed E-state index contributed by atoms with van der Waals surface area (Å²) in [5, 5.41) is 14.8. The van der Waals surface area contributed by atoms with Crippen molar-refractivity contribution in [2.75, 3.05) is 7.11 Å². The molecule has 1 N–H and O–H groups in total. The van der Waals surface area contributed by atoms with E-state index >= 15 is 0 Å². The molecule has 0 fully saturated rings. The molecule has 0 aliphatic heterocycles. The van der Waals surface area contributed by atoms with E-state index in [4.69, 9.17) is 9.47 Å². The van der Waals surface area contributed by atoms with Gasteiger partial charge in [-0.05, 0) is 76.3 Å². The van der Waals surface area contributed by atoms with Crippen molar-refractivity contribution >= 4 is 33.7 Å². The number of hydrogen-bond donors (Lipinski definition) is 1. The van der Waals surface area contributed by atoms with Crippen LogP contribution < -0.4 is 14.9 Å². The van der Waals surface area contributed by atoms with Gasteiger partial charge in [0.25, 0.3) is 5.69 Å². The summed E-state index contributed by atoms with van der Waals surface area (Å²) < 4.78 is 12.0. The minimum atomic E-state index is -0.448. The summed E-state index contributed by atoms with van der Waals surface area (Å²) in [5.74, 6) is 0.746. The average Bonchev–Trinajstić information content (AvgIpc) is 2.80. The van der Waals surface area contributed by atoms with Crippen LogP contribution in [-0.2, 0) is 17.8 Å². The van der Waals surface area contributed by atoms with Crippen molar-refractivity contribution in [2.24, 2.45) is 5.10 Å². The van der Waals surface area contributed by atoms with Gasteiger partial charge in [-0.15, -0.1) is 0 Å². The number of rotatable bonds is 9. The van der Waals surface area contributed by atoms with Crippen molar-refractivity contribution in [2.45, 2.75) is 26.9 Å². The molecule has 0 aliphatic rings. The molecule has 0 bridgehead atoms. The number of nitro groups is 1. The monoisotopic (exact) mass is 525 g/mol.